The van der Waals surface area contributed by atoms with Gasteiger partial charge >= 0.3 is 0 Å². The standard InChI is InChI=1S/C13H10F3NO/c14-9-3-1-2-8(4-9)7-18-13-6-10(15)12(17)5-11(13)16/h1-6H,7,17H2. The second-order valence-electron chi connectivity index (χ2n) is 3.72. The summed E-state index contributed by atoms with van der Waals surface area (Å²) in [5.74, 6) is -2.19. The van der Waals surface area contributed by atoms with Crippen molar-refractivity contribution >= 4 is 5.69 Å². The van der Waals surface area contributed by atoms with E-state index in [9.17, 15) is 13.2 Å². The van der Waals surface area contributed by atoms with E-state index in [1.807, 2.05) is 0 Å². The molecule has 0 fully saturated rings. The van der Waals surface area contributed by atoms with Crippen molar-refractivity contribution in [2.45, 2.75) is 6.61 Å². The van der Waals surface area contributed by atoms with E-state index >= 15 is 0 Å². The SMILES string of the molecule is Nc1cc(F)c(OCc2cccc(F)c2)cc1F. The van der Waals surface area contributed by atoms with E-state index in [1.54, 1.807) is 6.07 Å². The van der Waals surface area contributed by atoms with Gasteiger partial charge in [-0.05, 0) is 17.7 Å². The highest BCUT2D eigenvalue weighted by Gasteiger charge is 2.09. The molecule has 0 aliphatic carbocycles. The van der Waals surface area contributed by atoms with Gasteiger partial charge in [0.25, 0.3) is 0 Å². The van der Waals surface area contributed by atoms with Crippen LogP contribution in [-0.4, -0.2) is 0 Å². The molecule has 0 aromatic heterocycles. The Hall–Kier alpha value is -2.17. The van der Waals surface area contributed by atoms with E-state index in [2.05, 4.69) is 0 Å². The summed E-state index contributed by atoms with van der Waals surface area (Å²) in [7, 11) is 0. The minimum Gasteiger partial charge on any atom is -0.486 e. The molecule has 5 heteroatoms. The third kappa shape index (κ3) is 2.74. The first-order valence-electron chi connectivity index (χ1n) is 5.18. The predicted molar refractivity (Wildman–Crippen MR) is 61.5 cm³/mol. The number of nitrogens with two attached hydrogens (primary N) is 1. The van der Waals surface area contributed by atoms with Crippen LogP contribution in [0.25, 0.3) is 0 Å². The average Bonchev–Trinajstić information content (AvgIpc) is 2.32. The van der Waals surface area contributed by atoms with Crippen LogP contribution in [0.3, 0.4) is 0 Å². The summed E-state index contributed by atoms with van der Waals surface area (Å²) in [6.07, 6.45) is 0. The Kier molecular flexibility index (Phi) is 3.41. The molecule has 0 spiro atoms. The number of rotatable bonds is 3. The van der Waals surface area contributed by atoms with Crippen LogP contribution in [0.15, 0.2) is 36.4 Å². The maximum Gasteiger partial charge on any atom is 0.167 e. The van der Waals surface area contributed by atoms with Crippen molar-refractivity contribution in [2.75, 3.05) is 5.73 Å². The molecule has 0 aliphatic heterocycles. The van der Waals surface area contributed by atoms with Crippen LogP contribution in [0.5, 0.6) is 5.75 Å². The largest absolute Gasteiger partial charge is 0.486 e. The highest BCUT2D eigenvalue weighted by molar-refractivity contribution is 5.44. The van der Waals surface area contributed by atoms with Gasteiger partial charge in [-0.15, -0.1) is 0 Å². The van der Waals surface area contributed by atoms with Crippen LogP contribution in [0, 0.1) is 17.5 Å². The summed E-state index contributed by atoms with van der Waals surface area (Å²) in [5, 5.41) is 0. The fraction of sp³-hybridized carbons (Fsp3) is 0.0769. The van der Waals surface area contributed by atoms with Gasteiger partial charge in [-0.3, -0.25) is 0 Å². The van der Waals surface area contributed by atoms with Crippen molar-refractivity contribution in [3.8, 4) is 5.75 Å². The molecule has 0 bridgehead atoms. The number of benzene rings is 2. The molecule has 0 atom stereocenters. The summed E-state index contributed by atoms with van der Waals surface area (Å²) < 4.78 is 44.4. The zero-order chi connectivity index (χ0) is 13.1. The Morgan fingerprint density at radius 1 is 1.00 bits per heavy atom. The quantitative estimate of drug-likeness (QED) is 0.852. The molecule has 2 N–H and O–H groups in total. The van der Waals surface area contributed by atoms with Crippen molar-refractivity contribution in [1.82, 2.24) is 0 Å². The number of halogens is 3. The Labute approximate surface area is 102 Å². The molecule has 2 rings (SSSR count). The van der Waals surface area contributed by atoms with Crippen LogP contribution in [0.4, 0.5) is 18.9 Å². The summed E-state index contributed by atoms with van der Waals surface area (Å²) in [6.45, 7) is -0.0575. The smallest absolute Gasteiger partial charge is 0.167 e. The minimum absolute atomic E-state index is 0.0575. The van der Waals surface area contributed by atoms with Crippen LogP contribution in [-0.2, 0) is 6.61 Å². The second kappa shape index (κ2) is 5.00. The lowest BCUT2D eigenvalue weighted by molar-refractivity contribution is 0.288. The van der Waals surface area contributed by atoms with Gasteiger partial charge < -0.3 is 10.5 Å². The highest BCUT2D eigenvalue weighted by atomic mass is 19.1. The molecule has 0 saturated carbocycles. The van der Waals surface area contributed by atoms with Gasteiger partial charge in [-0.2, -0.15) is 0 Å². The van der Waals surface area contributed by atoms with E-state index in [0.717, 1.165) is 12.1 Å². The summed E-state index contributed by atoms with van der Waals surface area (Å²) in [6, 6.07) is 7.38. The average molecular weight is 253 g/mol. The predicted octanol–water partition coefficient (Wildman–Crippen LogP) is 3.27. The third-order valence-electron chi connectivity index (χ3n) is 2.33. The minimum atomic E-state index is -0.759. The van der Waals surface area contributed by atoms with Gasteiger partial charge in [-0.25, -0.2) is 13.2 Å². The van der Waals surface area contributed by atoms with Crippen LogP contribution in [0.2, 0.25) is 0 Å². The van der Waals surface area contributed by atoms with Gasteiger partial charge in [0.15, 0.2) is 11.6 Å². The molecule has 18 heavy (non-hydrogen) atoms. The molecule has 0 amide bonds. The molecular weight excluding hydrogens is 243 g/mol. The topological polar surface area (TPSA) is 35.2 Å². The van der Waals surface area contributed by atoms with E-state index < -0.39 is 17.5 Å². The van der Waals surface area contributed by atoms with Crippen molar-refractivity contribution in [3.63, 3.8) is 0 Å². The maximum atomic E-state index is 13.4. The Balaban J connectivity index is 2.13. The Morgan fingerprint density at radius 3 is 2.50 bits per heavy atom. The molecule has 0 unspecified atom stereocenters. The molecule has 0 saturated heterocycles. The summed E-state index contributed by atoms with van der Waals surface area (Å²) >= 11 is 0. The molecule has 94 valence electrons. The van der Waals surface area contributed by atoms with Crippen molar-refractivity contribution in [2.24, 2.45) is 0 Å². The normalized spacial score (nSPS) is 10.4. The number of ether oxygens (including phenoxy) is 1. The molecule has 2 aromatic carbocycles. The fourth-order valence-corrected chi connectivity index (χ4v) is 1.44. The Morgan fingerprint density at radius 2 is 1.78 bits per heavy atom. The number of nitrogen functional groups attached to an aromatic ring is 1. The lowest BCUT2D eigenvalue weighted by Crippen LogP contribution is -2.00. The van der Waals surface area contributed by atoms with E-state index in [0.29, 0.717) is 5.56 Å². The third-order valence-corrected chi connectivity index (χ3v) is 2.33. The van der Waals surface area contributed by atoms with Crippen molar-refractivity contribution in [3.05, 3.63) is 59.4 Å². The maximum absolute atomic E-state index is 13.4. The molecular formula is C13H10F3NO. The first-order valence-corrected chi connectivity index (χ1v) is 5.18. The molecule has 0 radical (unpaired) electrons. The number of hydrogen-bond donors (Lipinski definition) is 1. The summed E-state index contributed by atoms with van der Waals surface area (Å²) in [4.78, 5) is 0. The van der Waals surface area contributed by atoms with Gasteiger partial charge in [0.05, 0.1) is 5.69 Å². The van der Waals surface area contributed by atoms with Gasteiger partial charge in [0, 0.05) is 12.1 Å². The Bertz CT molecular complexity index is 572. The zero-order valence-electron chi connectivity index (χ0n) is 9.29. The van der Waals surface area contributed by atoms with Crippen LogP contribution < -0.4 is 10.5 Å². The molecule has 0 aliphatic rings. The first-order chi connectivity index (χ1) is 8.56. The van der Waals surface area contributed by atoms with Crippen LogP contribution >= 0.6 is 0 Å². The summed E-state index contributed by atoms with van der Waals surface area (Å²) in [5.41, 5.74) is 5.43. The van der Waals surface area contributed by atoms with Crippen LogP contribution in [0.1, 0.15) is 5.56 Å². The van der Waals surface area contributed by atoms with E-state index in [-0.39, 0.29) is 18.0 Å². The van der Waals surface area contributed by atoms with E-state index in [4.69, 9.17) is 10.5 Å². The number of hydrogen-bond acceptors (Lipinski definition) is 2. The van der Waals surface area contributed by atoms with Gasteiger partial charge in [-0.1, -0.05) is 12.1 Å². The lowest BCUT2D eigenvalue weighted by Gasteiger charge is -2.08. The lowest BCUT2D eigenvalue weighted by atomic mass is 10.2. The van der Waals surface area contributed by atoms with Crippen molar-refractivity contribution in [1.29, 1.82) is 0 Å². The van der Waals surface area contributed by atoms with Gasteiger partial charge in [0.2, 0.25) is 0 Å². The second-order valence-corrected chi connectivity index (χ2v) is 3.72. The highest BCUT2D eigenvalue weighted by Crippen LogP contribution is 2.23. The van der Waals surface area contributed by atoms with Crippen molar-refractivity contribution < 1.29 is 17.9 Å². The molecule has 2 aromatic rings. The first kappa shape index (κ1) is 12.3. The zero-order valence-corrected chi connectivity index (χ0v) is 9.29. The number of anilines is 1. The fourth-order valence-electron chi connectivity index (χ4n) is 1.44. The molecule has 0 heterocycles. The monoisotopic (exact) mass is 253 g/mol. The molecule has 2 nitrogen and oxygen atoms in total. The van der Waals surface area contributed by atoms with Gasteiger partial charge in [0.1, 0.15) is 18.2 Å². The van der Waals surface area contributed by atoms with E-state index in [1.165, 1.54) is 18.2 Å².